The zero-order valence-corrected chi connectivity index (χ0v) is 15.2. The second-order valence-corrected chi connectivity index (χ2v) is 6.19. The maximum absolute atomic E-state index is 12.9. The van der Waals surface area contributed by atoms with E-state index < -0.39 is 0 Å². The van der Waals surface area contributed by atoms with Gasteiger partial charge in [-0.25, -0.2) is 4.39 Å². The van der Waals surface area contributed by atoms with E-state index >= 15 is 0 Å². The zero-order chi connectivity index (χ0) is 18.1. The lowest BCUT2D eigenvalue weighted by Crippen LogP contribution is -2.51. The number of halogens is 1. The number of guanidine groups is 1. The van der Waals surface area contributed by atoms with Crippen molar-refractivity contribution in [1.82, 2.24) is 10.6 Å². The third-order valence-electron chi connectivity index (χ3n) is 4.35. The Morgan fingerprint density at radius 2 is 1.96 bits per heavy atom. The minimum absolute atomic E-state index is 0.0940. The molecule has 1 aliphatic rings. The molecule has 1 unspecified atom stereocenters. The van der Waals surface area contributed by atoms with Gasteiger partial charge in [-0.05, 0) is 31.2 Å². The average Bonchev–Trinajstić information content (AvgIpc) is 2.64. The lowest BCUT2D eigenvalue weighted by molar-refractivity contribution is -0.0855. The number of benzene rings is 1. The lowest BCUT2D eigenvalue weighted by Gasteiger charge is -2.36. The lowest BCUT2D eigenvalue weighted by atomic mass is 9.94. The molecule has 2 N–H and O–H groups in total. The number of methoxy groups -OCH3 is 1. The molecule has 7 heteroatoms. The van der Waals surface area contributed by atoms with Gasteiger partial charge in [-0.3, -0.25) is 4.99 Å². The first-order valence-electron chi connectivity index (χ1n) is 8.56. The van der Waals surface area contributed by atoms with Crippen LogP contribution in [0.5, 0.6) is 5.75 Å². The van der Waals surface area contributed by atoms with Gasteiger partial charge in [0.15, 0.2) is 5.96 Å². The summed E-state index contributed by atoms with van der Waals surface area (Å²) in [7, 11) is 3.46. The molecule has 1 aromatic rings. The summed E-state index contributed by atoms with van der Waals surface area (Å²) in [4.78, 5) is 4.23. The molecule has 1 atom stereocenters. The van der Waals surface area contributed by atoms with Crippen LogP contribution in [0.4, 0.5) is 4.39 Å². The Bertz CT molecular complexity index is 545. The van der Waals surface area contributed by atoms with Crippen molar-refractivity contribution in [2.24, 2.45) is 4.99 Å². The van der Waals surface area contributed by atoms with Crippen LogP contribution in [0.2, 0.25) is 0 Å². The van der Waals surface area contributed by atoms with Gasteiger partial charge in [-0.2, -0.15) is 0 Å². The van der Waals surface area contributed by atoms with Gasteiger partial charge in [0, 0.05) is 46.8 Å². The molecule has 25 heavy (non-hydrogen) atoms. The first kappa shape index (κ1) is 19.5. The van der Waals surface area contributed by atoms with Crippen molar-refractivity contribution < 1.29 is 18.6 Å². The molecule has 2 rings (SSSR count). The van der Waals surface area contributed by atoms with E-state index in [1.807, 2.05) is 6.92 Å². The fraction of sp³-hybridized carbons (Fsp3) is 0.611. The second kappa shape index (κ2) is 9.58. The highest BCUT2D eigenvalue weighted by molar-refractivity contribution is 5.79. The summed E-state index contributed by atoms with van der Waals surface area (Å²) in [5.74, 6) is 1.06. The highest BCUT2D eigenvalue weighted by Gasteiger charge is 2.32. The topological polar surface area (TPSA) is 64.1 Å². The molecule has 140 valence electrons. The van der Waals surface area contributed by atoms with Gasteiger partial charge in [0.1, 0.15) is 17.7 Å². The van der Waals surface area contributed by atoms with Gasteiger partial charge in [0.25, 0.3) is 0 Å². The average molecular weight is 353 g/mol. The van der Waals surface area contributed by atoms with Gasteiger partial charge in [0.2, 0.25) is 0 Å². The van der Waals surface area contributed by atoms with E-state index in [2.05, 4.69) is 15.6 Å². The van der Waals surface area contributed by atoms with E-state index in [-0.39, 0.29) is 17.5 Å². The Kier molecular flexibility index (Phi) is 7.46. The van der Waals surface area contributed by atoms with Crippen LogP contribution in [0.25, 0.3) is 0 Å². The summed E-state index contributed by atoms with van der Waals surface area (Å²) in [6, 6.07) is 6.00. The summed E-state index contributed by atoms with van der Waals surface area (Å²) in [5, 5.41) is 6.55. The molecule has 0 aliphatic carbocycles. The van der Waals surface area contributed by atoms with Crippen molar-refractivity contribution in [3.05, 3.63) is 30.1 Å². The molecule has 1 aliphatic heterocycles. The number of nitrogens with zero attached hydrogens (tertiary/aromatic N) is 1. The Balaban J connectivity index is 1.76. The van der Waals surface area contributed by atoms with Crippen molar-refractivity contribution in [3.8, 4) is 5.75 Å². The summed E-state index contributed by atoms with van der Waals surface area (Å²) in [6.45, 7) is 4.60. The van der Waals surface area contributed by atoms with E-state index in [1.165, 1.54) is 12.1 Å². The van der Waals surface area contributed by atoms with E-state index in [1.54, 1.807) is 26.3 Å². The van der Waals surface area contributed by atoms with E-state index in [9.17, 15) is 4.39 Å². The quantitative estimate of drug-likeness (QED) is 0.579. The number of ether oxygens (including phenoxy) is 3. The van der Waals surface area contributed by atoms with Gasteiger partial charge in [-0.15, -0.1) is 0 Å². The predicted molar refractivity (Wildman–Crippen MR) is 95.6 cm³/mol. The van der Waals surface area contributed by atoms with E-state index in [0.717, 1.165) is 12.8 Å². The van der Waals surface area contributed by atoms with Gasteiger partial charge >= 0.3 is 0 Å². The molecule has 0 aromatic heterocycles. The first-order chi connectivity index (χ1) is 12.1. The molecule has 6 nitrogen and oxygen atoms in total. The molecule has 1 fully saturated rings. The summed E-state index contributed by atoms with van der Waals surface area (Å²) >= 11 is 0. The summed E-state index contributed by atoms with van der Waals surface area (Å²) in [6.07, 6.45) is 1.62. The minimum Gasteiger partial charge on any atom is -0.489 e. The molecule has 1 aromatic carbocycles. The predicted octanol–water partition coefficient (Wildman–Crippen LogP) is 1.95. The SMILES string of the molecule is CN=C(NCC(C)Oc1ccc(F)cc1)NCC1(OC)CCOCC1. The number of nitrogens with one attached hydrogen (secondary N) is 2. The van der Waals surface area contributed by atoms with Crippen LogP contribution < -0.4 is 15.4 Å². The number of hydrogen-bond donors (Lipinski definition) is 2. The smallest absolute Gasteiger partial charge is 0.191 e. The first-order valence-corrected chi connectivity index (χ1v) is 8.56. The Hall–Kier alpha value is -1.86. The summed E-state index contributed by atoms with van der Waals surface area (Å²) < 4.78 is 29.8. The van der Waals surface area contributed by atoms with Gasteiger partial charge < -0.3 is 24.8 Å². The fourth-order valence-corrected chi connectivity index (χ4v) is 2.69. The van der Waals surface area contributed by atoms with Crippen molar-refractivity contribution in [2.75, 3.05) is 40.5 Å². The van der Waals surface area contributed by atoms with Crippen molar-refractivity contribution in [2.45, 2.75) is 31.5 Å². The van der Waals surface area contributed by atoms with Gasteiger partial charge in [0.05, 0.1) is 12.1 Å². The second-order valence-electron chi connectivity index (χ2n) is 6.19. The Morgan fingerprint density at radius 3 is 2.56 bits per heavy atom. The molecule has 1 saturated heterocycles. The van der Waals surface area contributed by atoms with Crippen LogP contribution in [0.15, 0.2) is 29.3 Å². The highest BCUT2D eigenvalue weighted by atomic mass is 19.1. The summed E-state index contributed by atoms with van der Waals surface area (Å²) in [5.41, 5.74) is -0.216. The molecule has 0 spiro atoms. The van der Waals surface area contributed by atoms with E-state index in [0.29, 0.717) is 38.0 Å². The van der Waals surface area contributed by atoms with Crippen LogP contribution in [0.1, 0.15) is 19.8 Å². The van der Waals surface area contributed by atoms with Crippen LogP contribution in [-0.2, 0) is 9.47 Å². The van der Waals surface area contributed by atoms with Crippen molar-refractivity contribution >= 4 is 5.96 Å². The van der Waals surface area contributed by atoms with Crippen LogP contribution in [0, 0.1) is 5.82 Å². The third kappa shape index (κ3) is 6.17. The molecule has 1 heterocycles. The van der Waals surface area contributed by atoms with E-state index in [4.69, 9.17) is 14.2 Å². The normalized spacial score (nSPS) is 18.5. The van der Waals surface area contributed by atoms with Crippen LogP contribution in [-0.4, -0.2) is 58.1 Å². The zero-order valence-electron chi connectivity index (χ0n) is 15.2. The molecule has 0 amide bonds. The Morgan fingerprint density at radius 1 is 1.28 bits per heavy atom. The standard InChI is InChI=1S/C18H28FN3O3/c1-14(25-16-6-4-15(19)5-7-16)12-21-17(20-2)22-13-18(23-3)8-10-24-11-9-18/h4-7,14H,8-13H2,1-3H3,(H2,20,21,22). The fourth-order valence-electron chi connectivity index (χ4n) is 2.69. The van der Waals surface area contributed by atoms with Crippen LogP contribution >= 0.6 is 0 Å². The van der Waals surface area contributed by atoms with Crippen molar-refractivity contribution in [3.63, 3.8) is 0 Å². The molecular formula is C18H28FN3O3. The molecule has 0 radical (unpaired) electrons. The highest BCUT2D eigenvalue weighted by Crippen LogP contribution is 2.23. The molecule has 0 saturated carbocycles. The van der Waals surface area contributed by atoms with Crippen LogP contribution in [0.3, 0.4) is 0 Å². The third-order valence-corrected chi connectivity index (χ3v) is 4.35. The minimum atomic E-state index is -0.275. The molecular weight excluding hydrogens is 325 g/mol. The largest absolute Gasteiger partial charge is 0.489 e. The monoisotopic (exact) mass is 353 g/mol. The number of aliphatic imine (C=N–C) groups is 1. The van der Waals surface area contributed by atoms with Crippen molar-refractivity contribution in [1.29, 1.82) is 0 Å². The number of rotatable bonds is 7. The number of hydrogen-bond acceptors (Lipinski definition) is 4. The maximum Gasteiger partial charge on any atom is 0.191 e. The molecule has 0 bridgehead atoms. The maximum atomic E-state index is 12.9. The van der Waals surface area contributed by atoms with Gasteiger partial charge in [-0.1, -0.05) is 0 Å². The Labute approximate surface area is 148 Å².